The standard InChI is InChI=1S/C24H24ClNO4S/c1-17-10-15-23(31(28,29)30)20(16-17)8-5-7-18-6-3-4-9-22(18)26(2)24(27)19-11-13-21(25)14-12-19/h3-4,6,9-16H,5,7-8H2,1-2H3,(H,28,29,30). The maximum Gasteiger partial charge on any atom is 0.294 e. The van der Waals surface area contributed by atoms with E-state index >= 15 is 0 Å². The predicted molar refractivity (Wildman–Crippen MR) is 124 cm³/mol. The molecule has 0 aliphatic carbocycles. The fourth-order valence-corrected chi connectivity index (χ4v) is 4.43. The minimum Gasteiger partial charge on any atom is -0.311 e. The average molecular weight is 458 g/mol. The van der Waals surface area contributed by atoms with E-state index in [0.717, 1.165) is 16.8 Å². The average Bonchev–Trinajstić information content (AvgIpc) is 2.73. The Labute approximate surface area is 188 Å². The van der Waals surface area contributed by atoms with Crippen LogP contribution in [0.25, 0.3) is 0 Å². The molecular formula is C24H24ClNO4S. The number of hydrogen-bond donors (Lipinski definition) is 1. The molecule has 0 spiro atoms. The lowest BCUT2D eigenvalue weighted by atomic mass is 10.0. The van der Waals surface area contributed by atoms with Crippen molar-refractivity contribution in [2.24, 2.45) is 0 Å². The second-order valence-corrected chi connectivity index (χ2v) is 9.27. The molecule has 0 unspecified atom stereocenters. The smallest absolute Gasteiger partial charge is 0.294 e. The van der Waals surface area contributed by atoms with Gasteiger partial charge in [0.05, 0.1) is 4.90 Å². The zero-order valence-electron chi connectivity index (χ0n) is 17.4. The number of nitrogens with zero attached hydrogens (tertiary/aromatic N) is 1. The molecule has 0 radical (unpaired) electrons. The molecule has 1 amide bonds. The van der Waals surface area contributed by atoms with Crippen LogP contribution in [-0.4, -0.2) is 25.9 Å². The van der Waals surface area contributed by atoms with Crippen LogP contribution < -0.4 is 4.90 Å². The van der Waals surface area contributed by atoms with Gasteiger partial charge in [0.2, 0.25) is 0 Å². The first kappa shape index (κ1) is 23.0. The van der Waals surface area contributed by atoms with Gasteiger partial charge in [-0.25, -0.2) is 0 Å². The lowest BCUT2D eigenvalue weighted by molar-refractivity contribution is 0.0993. The number of rotatable bonds is 7. The molecule has 31 heavy (non-hydrogen) atoms. The van der Waals surface area contributed by atoms with E-state index < -0.39 is 10.1 Å². The Morgan fingerprint density at radius 2 is 1.61 bits per heavy atom. The van der Waals surface area contributed by atoms with Crippen LogP contribution in [0.15, 0.2) is 71.6 Å². The van der Waals surface area contributed by atoms with Gasteiger partial charge in [-0.2, -0.15) is 8.42 Å². The second-order valence-electron chi connectivity index (χ2n) is 7.44. The highest BCUT2D eigenvalue weighted by Crippen LogP contribution is 2.25. The zero-order valence-corrected chi connectivity index (χ0v) is 18.9. The van der Waals surface area contributed by atoms with Crippen molar-refractivity contribution < 1.29 is 17.8 Å². The molecule has 162 valence electrons. The van der Waals surface area contributed by atoms with E-state index in [2.05, 4.69) is 0 Å². The van der Waals surface area contributed by atoms with Crippen molar-refractivity contribution >= 4 is 33.3 Å². The van der Waals surface area contributed by atoms with Gasteiger partial charge in [-0.05, 0) is 73.7 Å². The Bertz CT molecular complexity index is 1190. The molecule has 0 heterocycles. The number of para-hydroxylation sites is 1. The Balaban J connectivity index is 1.77. The first-order valence-corrected chi connectivity index (χ1v) is 11.7. The van der Waals surface area contributed by atoms with E-state index in [4.69, 9.17) is 11.6 Å². The molecule has 0 saturated heterocycles. The van der Waals surface area contributed by atoms with E-state index in [9.17, 15) is 17.8 Å². The van der Waals surface area contributed by atoms with Gasteiger partial charge in [0.25, 0.3) is 16.0 Å². The third kappa shape index (κ3) is 5.73. The Morgan fingerprint density at radius 1 is 0.968 bits per heavy atom. The molecule has 3 aromatic carbocycles. The summed E-state index contributed by atoms with van der Waals surface area (Å²) < 4.78 is 32.9. The van der Waals surface area contributed by atoms with Crippen LogP contribution in [0.2, 0.25) is 5.02 Å². The number of anilines is 1. The Hall–Kier alpha value is -2.67. The molecular weight excluding hydrogens is 434 g/mol. The topological polar surface area (TPSA) is 74.7 Å². The lowest BCUT2D eigenvalue weighted by Gasteiger charge is -2.21. The molecule has 3 aromatic rings. The third-order valence-electron chi connectivity index (χ3n) is 5.13. The molecule has 0 aliphatic heterocycles. The molecule has 3 rings (SSSR count). The van der Waals surface area contributed by atoms with Crippen molar-refractivity contribution in [3.8, 4) is 0 Å². The van der Waals surface area contributed by atoms with Gasteiger partial charge in [-0.15, -0.1) is 0 Å². The van der Waals surface area contributed by atoms with Gasteiger partial charge in [-0.3, -0.25) is 9.35 Å². The van der Waals surface area contributed by atoms with Gasteiger partial charge in [0, 0.05) is 23.3 Å². The molecule has 5 nitrogen and oxygen atoms in total. The van der Waals surface area contributed by atoms with Gasteiger partial charge in [-0.1, -0.05) is 47.5 Å². The number of aryl methyl sites for hydroxylation is 3. The summed E-state index contributed by atoms with van der Waals surface area (Å²) in [6, 6.07) is 19.3. The summed E-state index contributed by atoms with van der Waals surface area (Å²) in [6.45, 7) is 1.88. The molecule has 0 aliphatic rings. The summed E-state index contributed by atoms with van der Waals surface area (Å²) in [7, 11) is -2.55. The summed E-state index contributed by atoms with van der Waals surface area (Å²) in [5.74, 6) is -0.142. The van der Waals surface area contributed by atoms with E-state index in [-0.39, 0.29) is 10.8 Å². The predicted octanol–water partition coefficient (Wildman–Crippen LogP) is 5.35. The number of halogens is 1. The van der Waals surface area contributed by atoms with Crippen molar-refractivity contribution in [3.63, 3.8) is 0 Å². The maximum absolute atomic E-state index is 12.9. The van der Waals surface area contributed by atoms with Crippen molar-refractivity contribution in [1.82, 2.24) is 0 Å². The van der Waals surface area contributed by atoms with Crippen LogP contribution in [0.4, 0.5) is 5.69 Å². The van der Waals surface area contributed by atoms with Crippen LogP contribution >= 0.6 is 11.6 Å². The summed E-state index contributed by atoms with van der Waals surface area (Å²) in [5.41, 5.74) is 3.83. The number of hydrogen-bond acceptors (Lipinski definition) is 3. The summed E-state index contributed by atoms with van der Waals surface area (Å²) in [5, 5.41) is 0.569. The molecule has 0 atom stereocenters. The van der Waals surface area contributed by atoms with Crippen molar-refractivity contribution in [2.75, 3.05) is 11.9 Å². The van der Waals surface area contributed by atoms with Gasteiger partial charge in [0.1, 0.15) is 0 Å². The monoisotopic (exact) mass is 457 g/mol. The summed E-state index contributed by atoms with van der Waals surface area (Å²) >= 11 is 5.92. The molecule has 7 heteroatoms. The summed E-state index contributed by atoms with van der Waals surface area (Å²) in [6.07, 6.45) is 1.79. The zero-order chi connectivity index (χ0) is 22.6. The molecule has 0 fully saturated rings. The largest absolute Gasteiger partial charge is 0.311 e. The molecule has 0 saturated carbocycles. The van der Waals surface area contributed by atoms with Crippen LogP contribution in [-0.2, 0) is 23.0 Å². The molecule has 0 bridgehead atoms. The van der Waals surface area contributed by atoms with E-state index in [1.165, 1.54) is 6.07 Å². The fourth-order valence-electron chi connectivity index (χ4n) is 3.57. The van der Waals surface area contributed by atoms with E-state index in [1.807, 2.05) is 31.2 Å². The highest BCUT2D eigenvalue weighted by Gasteiger charge is 2.18. The van der Waals surface area contributed by atoms with Crippen LogP contribution in [0.3, 0.4) is 0 Å². The van der Waals surface area contributed by atoms with E-state index in [1.54, 1.807) is 48.3 Å². The van der Waals surface area contributed by atoms with Crippen molar-refractivity contribution in [3.05, 3.63) is 94.0 Å². The van der Waals surface area contributed by atoms with Crippen LogP contribution in [0, 0.1) is 6.92 Å². The van der Waals surface area contributed by atoms with E-state index in [0.29, 0.717) is 35.4 Å². The van der Waals surface area contributed by atoms with Gasteiger partial charge < -0.3 is 4.90 Å². The normalized spacial score (nSPS) is 11.4. The van der Waals surface area contributed by atoms with Gasteiger partial charge >= 0.3 is 0 Å². The third-order valence-corrected chi connectivity index (χ3v) is 6.34. The fraction of sp³-hybridized carbons (Fsp3) is 0.208. The minimum atomic E-state index is -4.27. The number of benzene rings is 3. The van der Waals surface area contributed by atoms with Crippen molar-refractivity contribution in [1.29, 1.82) is 0 Å². The first-order chi connectivity index (χ1) is 14.7. The number of carbonyl (C=O) groups excluding carboxylic acids is 1. The Morgan fingerprint density at radius 3 is 2.29 bits per heavy atom. The lowest BCUT2D eigenvalue weighted by Crippen LogP contribution is -2.27. The maximum atomic E-state index is 12.9. The first-order valence-electron chi connectivity index (χ1n) is 9.85. The Kier molecular flexibility index (Phi) is 7.15. The summed E-state index contributed by atoms with van der Waals surface area (Å²) in [4.78, 5) is 14.4. The highest BCUT2D eigenvalue weighted by atomic mass is 35.5. The quantitative estimate of drug-likeness (QED) is 0.485. The van der Waals surface area contributed by atoms with Crippen LogP contribution in [0.5, 0.6) is 0 Å². The second kappa shape index (κ2) is 9.64. The molecule has 1 N–H and O–H groups in total. The number of carbonyl (C=O) groups is 1. The van der Waals surface area contributed by atoms with Gasteiger partial charge in [0.15, 0.2) is 0 Å². The van der Waals surface area contributed by atoms with Crippen molar-refractivity contribution in [2.45, 2.75) is 31.1 Å². The molecule has 0 aromatic heterocycles. The SMILES string of the molecule is Cc1ccc(S(=O)(=O)O)c(CCCc2ccccc2N(C)C(=O)c2ccc(Cl)cc2)c1. The highest BCUT2D eigenvalue weighted by molar-refractivity contribution is 7.85. The van der Waals surface area contributed by atoms with Crippen LogP contribution in [0.1, 0.15) is 33.5 Å². The minimum absolute atomic E-state index is 0.0542. The number of amides is 1.